The number of nitrogen functional groups attached to an aromatic ring is 1. The quantitative estimate of drug-likeness (QED) is 0.148. The van der Waals surface area contributed by atoms with Crippen LogP contribution in [0.2, 0.25) is 0 Å². The highest BCUT2D eigenvalue weighted by Gasteiger charge is 2.27. The van der Waals surface area contributed by atoms with Crippen LogP contribution in [0.3, 0.4) is 0 Å². The summed E-state index contributed by atoms with van der Waals surface area (Å²) in [6, 6.07) is 19.4. The monoisotopic (exact) mass is 615 g/mol. The van der Waals surface area contributed by atoms with Crippen molar-refractivity contribution in [3.63, 3.8) is 0 Å². The number of hydrogen-bond donors (Lipinski definition) is 4. The summed E-state index contributed by atoms with van der Waals surface area (Å²) in [6.45, 7) is 1.92. The molecule has 7 nitrogen and oxygen atoms in total. The first-order valence-electron chi connectivity index (χ1n) is 11.3. The Morgan fingerprint density at radius 2 is 1.75 bits per heavy atom. The summed E-state index contributed by atoms with van der Waals surface area (Å²) in [6.07, 6.45) is 2.96. The van der Waals surface area contributed by atoms with E-state index in [4.69, 9.17) is 10.5 Å². The van der Waals surface area contributed by atoms with Crippen LogP contribution in [-0.2, 0) is 9.53 Å². The predicted octanol–water partition coefficient (Wildman–Crippen LogP) is 7.40. The molecule has 0 aromatic heterocycles. The highest BCUT2D eigenvalue weighted by molar-refractivity contribution is 9.11. The van der Waals surface area contributed by atoms with Gasteiger partial charge in [-0.1, -0.05) is 59.3 Å². The Balaban J connectivity index is 1.68. The molecule has 0 saturated heterocycles. The molecule has 36 heavy (non-hydrogen) atoms. The normalized spacial score (nSPS) is 12.6. The molecule has 3 aromatic rings. The number of carbonyl (C=O) groups excluding carboxylic acids is 2. The number of para-hydroxylation sites is 3. The van der Waals surface area contributed by atoms with Gasteiger partial charge in [-0.05, 0) is 77.2 Å². The van der Waals surface area contributed by atoms with Crippen LogP contribution < -0.4 is 16.4 Å². The van der Waals surface area contributed by atoms with E-state index in [1.165, 1.54) is 6.08 Å². The average Bonchev–Trinajstić information content (AvgIpc) is 2.84. The van der Waals surface area contributed by atoms with Gasteiger partial charge in [0.1, 0.15) is 11.9 Å². The Bertz CT molecular complexity index is 1230. The number of phenols is 1. The lowest BCUT2D eigenvalue weighted by Gasteiger charge is -2.26. The third-order valence-electron chi connectivity index (χ3n) is 5.41. The first-order chi connectivity index (χ1) is 17.2. The van der Waals surface area contributed by atoms with Crippen LogP contribution in [0.25, 0.3) is 0 Å². The molecule has 0 unspecified atom stereocenters. The number of halogens is 2. The van der Waals surface area contributed by atoms with Gasteiger partial charge in [0.2, 0.25) is 5.91 Å². The Morgan fingerprint density at radius 1 is 1.06 bits per heavy atom. The highest BCUT2D eigenvalue weighted by atomic mass is 79.9. The largest absolute Gasteiger partial charge is 0.506 e. The molecule has 0 spiro atoms. The maximum Gasteiger partial charge on any atom is 0.412 e. The van der Waals surface area contributed by atoms with Gasteiger partial charge in [-0.25, -0.2) is 4.79 Å². The molecule has 0 aliphatic rings. The van der Waals surface area contributed by atoms with Gasteiger partial charge in [-0.3, -0.25) is 10.1 Å². The fourth-order valence-electron chi connectivity index (χ4n) is 3.56. The second kappa shape index (κ2) is 13.1. The molecule has 0 saturated carbocycles. The molecular formula is C27H27Br2N3O4. The fourth-order valence-corrected chi connectivity index (χ4v) is 4.82. The number of amides is 2. The molecule has 0 fully saturated rings. The van der Waals surface area contributed by atoms with Gasteiger partial charge < -0.3 is 20.9 Å². The van der Waals surface area contributed by atoms with Gasteiger partial charge in [-0.2, -0.15) is 0 Å². The summed E-state index contributed by atoms with van der Waals surface area (Å²) >= 11 is 6.78. The minimum atomic E-state index is -0.742. The minimum Gasteiger partial charge on any atom is -0.506 e. The number of carbonyl (C=O) groups is 2. The molecule has 188 valence electrons. The molecule has 0 aliphatic carbocycles. The van der Waals surface area contributed by atoms with E-state index in [1.54, 1.807) is 54.6 Å². The number of ether oxygens (including phenoxy) is 1. The summed E-state index contributed by atoms with van der Waals surface area (Å²) in [5.74, 6) is -0.474. The third kappa shape index (κ3) is 7.86. The zero-order valence-corrected chi connectivity index (χ0v) is 22.8. The summed E-state index contributed by atoms with van der Waals surface area (Å²) in [4.78, 5) is 24.9. The van der Waals surface area contributed by atoms with Gasteiger partial charge in [0.15, 0.2) is 0 Å². The number of nitrogens with two attached hydrogens (primary N) is 1. The summed E-state index contributed by atoms with van der Waals surface area (Å²) in [5.41, 5.74) is 7.96. The molecule has 0 heterocycles. The van der Waals surface area contributed by atoms with Crippen LogP contribution in [0, 0.1) is 5.92 Å². The van der Waals surface area contributed by atoms with Crippen molar-refractivity contribution in [1.82, 2.24) is 0 Å². The van der Waals surface area contributed by atoms with Gasteiger partial charge in [-0.15, -0.1) is 0 Å². The van der Waals surface area contributed by atoms with Crippen molar-refractivity contribution in [2.45, 2.75) is 25.9 Å². The van der Waals surface area contributed by atoms with Crippen molar-refractivity contribution >= 4 is 60.9 Å². The molecule has 2 atom stereocenters. The number of rotatable bonds is 9. The number of allylic oxidation sites excluding steroid dienone is 1. The van der Waals surface area contributed by atoms with Crippen molar-refractivity contribution in [2.75, 3.05) is 16.4 Å². The van der Waals surface area contributed by atoms with Crippen LogP contribution in [0.4, 0.5) is 21.9 Å². The molecule has 3 aromatic carbocycles. The van der Waals surface area contributed by atoms with Crippen molar-refractivity contribution in [3.05, 3.63) is 93.4 Å². The van der Waals surface area contributed by atoms with Gasteiger partial charge in [0.25, 0.3) is 0 Å². The Kier molecular flexibility index (Phi) is 9.95. The van der Waals surface area contributed by atoms with Gasteiger partial charge in [0, 0.05) is 15.7 Å². The summed E-state index contributed by atoms with van der Waals surface area (Å²) < 4.78 is 7.00. The summed E-state index contributed by atoms with van der Waals surface area (Å²) in [5, 5.41) is 16.2. The Labute approximate surface area is 227 Å². The maximum atomic E-state index is 12.7. The lowest BCUT2D eigenvalue weighted by molar-refractivity contribution is -0.111. The maximum absolute atomic E-state index is 12.7. The van der Waals surface area contributed by atoms with E-state index < -0.39 is 12.2 Å². The topological polar surface area (TPSA) is 114 Å². The van der Waals surface area contributed by atoms with Crippen LogP contribution in [0.1, 0.15) is 31.4 Å². The molecule has 3 rings (SSSR count). The van der Waals surface area contributed by atoms with Crippen LogP contribution in [0.5, 0.6) is 5.75 Å². The van der Waals surface area contributed by atoms with E-state index in [9.17, 15) is 14.7 Å². The number of hydrogen-bond acceptors (Lipinski definition) is 5. The SMILES string of the molecule is C[C@@H](CC/C=C/C(=O)Nc1ccccc1N)[C@H](OC(=O)Nc1ccccc1)c1cc(Br)cc(Br)c1O. The van der Waals surface area contributed by atoms with E-state index in [1.807, 2.05) is 25.1 Å². The average molecular weight is 617 g/mol. The zero-order valence-electron chi connectivity index (χ0n) is 19.6. The van der Waals surface area contributed by atoms with Gasteiger partial charge >= 0.3 is 6.09 Å². The molecule has 0 aliphatic heterocycles. The van der Waals surface area contributed by atoms with E-state index in [-0.39, 0.29) is 17.6 Å². The van der Waals surface area contributed by atoms with Crippen LogP contribution >= 0.6 is 31.9 Å². The van der Waals surface area contributed by atoms with Gasteiger partial charge in [0.05, 0.1) is 15.8 Å². The first-order valence-corrected chi connectivity index (χ1v) is 12.9. The van der Waals surface area contributed by atoms with Crippen LogP contribution in [-0.4, -0.2) is 17.1 Å². The first kappa shape index (κ1) is 27.3. The van der Waals surface area contributed by atoms with E-state index in [0.717, 1.165) is 4.47 Å². The molecular weight excluding hydrogens is 590 g/mol. The molecule has 0 radical (unpaired) electrons. The lowest BCUT2D eigenvalue weighted by Crippen LogP contribution is -2.22. The third-order valence-corrected chi connectivity index (χ3v) is 6.47. The van der Waals surface area contributed by atoms with E-state index in [0.29, 0.717) is 39.9 Å². The molecule has 5 N–H and O–H groups in total. The molecule has 0 bridgehead atoms. The zero-order chi connectivity index (χ0) is 26.1. The number of aromatic hydroxyl groups is 1. The Hall–Kier alpha value is -3.30. The smallest absolute Gasteiger partial charge is 0.412 e. The van der Waals surface area contributed by atoms with Crippen molar-refractivity contribution in [1.29, 1.82) is 0 Å². The minimum absolute atomic E-state index is 0.00192. The van der Waals surface area contributed by atoms with E-state index >= 15 is 0 Å². The van der Waals surface area contributed by atoms with Crippen molar-refractivity contribution in [2.24, 2.45) is 5.92 Å². The van der Waals surface area contributed by atoms with Crippen molar-refractivity contribution in [3.8, 4) is 5.75 Å². The van der Waals surface area contributed by atoms with Crippen molar-refractivity contribution < 1.29 is 19.4 Å². The highest BCUT2D eigenvalue weighted by Crippen LogP contribution is 2.40. The second-order valence-corrected chi connectivity index (χ2v) is 9.95. The van der Waals surface area contributed by atoms with Crippen LogP contribution in [0.15, 0.2) is 87.8 Å². The second-order valence-electron chi connectivity index (χ2n) is 8.18. The number of anilines is 3. The molecule has 9 heteroatoms. The predicted molar refractivity (Wildman–Crippen MR) is 150 cm³/mol. The number of phenolic OH excluding ortho intramolecular Hbond substituents is 1. The summed E-state index contributed by atoms with van der Waals surface area (Å²) in [7, 11) is 0. The number of benzene rings is 3. The Morgan fingerprint density at radius 3 is 2.47 bits per heavy atom. The molecule has 2 amide bonds. The lowest BCUT2D eigenvalue weighted by atomic mass is 9.92. The standard InChI is InChI=1S/C27H27Br2N3O4/c1-17(9-5-8-14-24(33)32-23-13-7-6-12-22(23)30)26(20-15-18(28)16-21(29)25(20)34)36-27(35)31-19-10-3-2-4-11-19/h2-4,6-8,10-17,26,34H,5,9,30H2,1H3,(H,31,35)(H,32,33)/b14-8+/t17-,26-/m0/s1. The fraction of sp³-hybridized carbons (Fsp3) is 0.185. The van der Waals surface area contributed by atoms with E-state index in [2.05, 4.69) is 42.5 Å². The number of nitrogens with one attached hydrogen (secondary N) is 2.